The number of fused-ring (bicyclic) bond motifs is 1. The third-order valence-corrected chi connectivity index (χ3v) is 4.16. The Hall–Kier alpha value is -2.63. The minimum Gasteiger partial charge on any atom is -0.480 e. The maximum absolute atomic E-state index is 12.5. The summed E-state index contributed by atoms with van der Waals surface area (Å²) in [6.45, 7) is 1.59. The molecule has 3 rings (SSSR count). The lowest BCUT2D eigenvalue weighted by Crippen LogP contribution is -2.36. The van der Waals surface area contributed by atoms with Crippen molar-refractivity contribution in [1.29, 1.82) is 0 Å². The number of hydrogen-bond donors (Lipinski definition) is 2. The number of amides is 1. The molecule has 1 fully saturated rings. The number of benzene rings is 1. The van der Waals surface area contributed by atoms with Crippen molar-refractivity contribution in [2.45, 2.75) is 31.8 Å². The molecule has 0 spiro atoms. The van der Waals surface area contributed by atoms with Gasteiger partial charge in [-0.1, -0.05) is 18.2 Å². The van der Waals surface area contributed by atoms with Gasteiger partial charge < -0.3 is 15.3 Å². The maximum Gasteiger partial charge on any atom is 0.326 e. The molecule has 0 saturated heterocycles. The van der Waals surface area contributed by atoms with Crippen LogP contribution in [-0.4, -0.2) is 41.1 Å². The molecule has 1 unspecified atom stereocenters. The number of carboxylic acid groups (broad SMARTS) is 1. The number of anilines is 1. The van der Waals surface area contributed by atoms with Crippen LogP contribution in [0.5, 0.6) is 0 Å². The van der Waals surface area contributed by atoms with Gasteiger partial charge in [-0.05, 0) is 31.9 Å². The van der Waals surface area contributed by atoms with Crippen molar-refractivity contribution in [3.8, 4) is 0 Å². The fraction of sp³-hybridized carbons (Fsp3) is 0.353. The largest absolute Gasteiger partial charge is 0.480 e. The van der Waals surface area contributed by atoms with Gasteiger partial charge in [0.1, 0.15) is 11.9 Å². The zero-order valence-corrected chi connectivity index (χ0v) is 13.1. The average molecular weight is 313 g/mol. The predicted molar refractivity (Wildman–Crippen MR) is 87.7 cm³/mol. The zero-order chi connectivity index (χ0) is 16.6. The van der Waals surface area contributed by atoms with E-state index in [2.05, 4.69) is 10.3 Å². The number of likely N-dealkylation sites (N-methyl/N-ethyl adjacent to an activating group) is 1. The summed E-state index contributed by atoms with van der Waals surface area (Å²) in [5.41, 5.74) is 1.21. The Morgan fingerprint density at radius 3 is 2.70 bits per heavy atom. The summed E-state index contributed by atoms with van der Waals surface area (Å²) in [5, 5.41) is 12.9. The molecule has 1 amide bonds. The first-order chi connectivity index (χ1) is 11.0. The van der Waals surface area contributed by atoms with Gasteiger partial charge in [-0.25, -0.2) is 9.78 Å². The van der Waals surface area contributed by atoms with Crippen molar-refractivity contribution >= 4 is 28.6 Å². The van der Waals surface area contributed by atoms with Crippen LogP contribution in [0.15, 0.2) is 30.3 Å². The number of carbonyl (C=O) groups is 2. The Morgan fingerprint density at radius 1 is 1.35 bits per heavy atom. The maximum atomic E-state index is 12.5. The van der Waals surface area contributed by atoms with E-state index in [1.807, 2.05) is 24.3 Å². The molecule has 120 valence electrons. The fourth-order valence-electron chi connectivity index (χ4n) is 2.38. The smallest absolute Gasteiger partial charge is 0.326 e. The molecule has 6 heteroatoms. The average Bonchev–Trinajstić information content (AvgIpc) is 3.36. The van der Waals surface area contributed by atoms with Crippen molar-refractivity contribution in [3.05, 3.63) is 35.9 Å². The molecule has 0 radical (unpaired) electrons. The first-order valence-corrected chi connectivity index (χ1v) is 7.63. The summed E-state index contributed by atoms with van der Waals surface area (Å²) < 4.78 is 0. The molecule has 6 nitrogen and oxygen atoms in total. The van der Waals surface area contributed by atoms with E-state index in [1.165, 1.54) is 0 Å². The van der Waals surface area contributed by atoms with Crippen LogP contribution in [0.3, 0.4) is 0 Å². The second-order valence-electron chi connectivity index (χ2n) is 5.92. The first kappa shape index (κ1) is 15.3. The minimum absolute atomic E-state index is 0.135. The van der Waals surface area contributed by atoms with Crippen LogP contribution in [0, 0.1) is 0 Å². The molecule has 1 saturated carbocycles. The molecule has 1 aliphatic carbocycles. The monoisotopic (exact) mass is 313 g/mol. The minimum atomic E-state index is -0.938. The SMILES string of the molecule is CC(C(=O)O)N(C)c1cc(C(=O)NC2CC2)c2ccccc2n1. The number of rotatable bonds is 5. The second kappa shape index (κ2) is 5.87. The van der Waals surface area contributed by atoms with E-state index in [0.717, 1.165) is 18.2 Å². The van der Waals surface area contributed by atoms with Gasteiger partial charge in [0.15, 0.2) is 0 Å². The van der Waals surface area contributed by atoms with E-state index >= 15 is 0 Å². The summed E-state index contributed by atoms with van der Waals surface area (Å²) in [5.74, 6) is -0.602. The van der Waals surface area contributed by atoms with Crippen LogP contribution in [-0.2, 0) is 4.79 Å². The highest BCUT2D eigenvalue weighted by atomic mass is 16.4. The normalized spacial score (nSPS) is 15.2. The lowest BCUT2D eigenvalue weighted by atomic mass is 10.1. The highest BCUT2D eigenvalue weighted by molar-refractivity contribution is 6.07. The van der Waals surface area contributed by atoms with E-state index < -0.39 is 12.0 Å². The highest BCUT2D eigenvalue weighted by Gasteiger charge is 2.26. The molecule has 2 aromatic rings. The van der Waals surface area contributed by atoms with Gasteiger partial charge in [-0.3, -0.25) is 4.79 Å². The number of nitrogens with one attached hydrogen (secondary N) is 1. The van der Waals surface area contributed by atoms with Crippen LogP contribution in [0.4, 0.5) is 5.82 Å². The number of nitrogens with zero attached hydrogens (tertiary/aromatic N) is 2. The fourth-order valence-corrected chi connectivity index (χ4v) is 2.38. The number of carboxylic acids is 1. The number of para-hydroxylation sites is 1. The standard InChI is InChI=1S/C17H19N3O3/c1-10(17(22)23)20(2)15-9-13(16(21)18-11-7-8-11)12-5-3-4-6-14(12)19-15/h3-6,9-11H,7-8H2,1-2H3,(H,18,21)(H,22,23). The van der Waals surface area contributed by atoms with Gasteiger partial charge in [0.05, 0.1) is 11.1 Å². The second-order valence-corrected chi connectivity index (χ2v) is 5.92. The molecule has 1 aromatic carbocycles. The predicted octanol–water partition coefficient (Wildman–Crippen LogP) is 2.04. The van der Waals surface area contributed by atoms with Gasteiger partial charge in [0.25, 0.3) is 5.91 Å². The Bertz CT molecular complexity index is 771. The Morgan fingerprint density at radius 2 is 2.04 bits per heavy atom. The molecule has 1 heterocycles. The van der Waals surface area contributed by atoms with Crippen molar-refractivity contribution in [2.75, 3.05) is 11.9 Å². The third kappa shape index (κ3) is 3.11. The number of pyridine rings is 1. The van der Waals surface area contributed by atoms with Crippen molar-refractivity contribution in [2.24, 2.45) is 0 Å². The van der Waals surface area contributed by atoms with Gasteiger partial charge in [-0.15, -0.1) is 0 Å². The van der Waals surface area contributed by atoms with Crippen LogP contribution in [0.1, 0.15) is 30.1 Å². The summed E-state index contributed by atoms with van der Waals surface area (Å²) in [7, 11) is 1.67. The van der Waals surface area contributed by atoms with Crippen LogP contribution in [0.25, 0.3) is 10.9 Å². The van der Waals surface area contributed by atoms with E-state index in [1.54, 1.807) is 24.9 Å². The van der Waals surface area contributed by atoms with E-state index in [9.17, 15) is 14.7 Å². The van der Waals surface area contributed by atoms with Gasteiger partial charge in [0, 0.05) is 18.5 Å². The lowest BCUT2D eigenvalue weighted by molar-refractivity contribution is -0.138. The van der Waals surface area contributed by atoms with Crippen LogP contribution < -0.4 is 10.2 Å². The summed E-state index contributed by atoms with van der Waals surface area (Å²) in [6, 6.07) is 8.58. The molecular formula is C17H19N3O3. The Labute approximate surface area is 134 Å². The number of carbonyl (C=O) groups excluding carboxylic acids is 1. The summed E-state index contributed by atoms with van der Waals surface area (Å²) >= 11 is 0. The van der Waals surface area contributed by atoms with Gasteiger partial charge in [0.2, 0.25) is 0 Å². The Kier molecular flexibility index (Phi) is 3.90. The van der Waals surface area contributed by atoms with Crippen LogP contribution >= 0.6 is 0 Å². The molecule has 1 aliphatic rings. The summed E-state index contributed by atoms with van der Waals surface area (Å²) in [6.07, 6.45) is 2.02. The van der Waals surface area contributed by atoms with Gasteiger partial charge >= 0.3 is 5.97 Å². The molecule has 0 bridgehead atoms. The Balaban J connectivity index is 2.05. The highest BCUT2D eigenvalue weighted by Crippen LogP contribution is 2.25. The third-order valence-electron chi connectivity index (χ3n) is 4.16. The quantitative estimate of drug-likeness (QED) is 0.882. The molecule has 0 aliphatic heterocycles. The number of aromatic nitrogens is 1. The van der Waals surface area contributed by atoms with Crippen LogP contribution in [0.2, 0.25) is 0 Å². The van der Waals surface area contributed by atoms with Crippen molar-refractivity contribution < 1.29 is 14.7 Å². The number of hydrogen-bond acceptors (Lipinski definition) is 4. The zero-order valence-electron chi connectivity index (χ0n) is 13.1. The molecular weight excluding hydrogens is 294 g/mol. The van der Waals surface area contributed by atoms with Crippen molar-refractivity contribution in [1.82, 2.24) is 10.3 Å². The van der Waals surface area contributed by atoms with E-state index in [0.29, 0.717) is 16.9 Å². The number of aliphatic carboxylic acids is 1. The first-order valence-electron chi connectivity index (χ1n) is 7.63. The molecule has 2 N–H and O–H groups in total. The topological polar surface area (TPSA) is 82.5 Å². The molecule has 1 atom stereocenters. The lowest BCUT2D eigenvalue weighted by Gasteiger charge is -2.23. The van der Waals surface area contributed by atoms with E-state index in [4.69, 9.17) is 0 Å². The molecule has 1 aromatic heterocycles. The van der Waals surface area contributed by atoms with Crippen molar-refractivity contribution in [3.63, 3.8) is 0 Å². The van der Waals surface area contributed by atoms with E-state index in [-0.39, 0.29) is 11.9 Å². The molecule has 23 heavy (non-hydrogen) atoms. The summed E-state index contributed by atoms with van der Waals surface area (Å²) in [4.78, 5) is 29.8. The van der Waals surface area contributed by atoms with Gasteiger partial charge in [-0.2, -0.15) is 0 Å².